The lowest BCUT2D eigenvalue weighted by Crippen LogP contribution is -2.23. The number of aryl methyl sites for hydroxylation is 2. The summed E-state index contributed by atoms with van der Waals surface area (Å²) in [5.41, 5.74) is 3.95. The predicted molar refractivity (Wildman–Crippen MR) is 91.7 cm³/mol. The minimum Gasteiger partial charge on any atom is -0.447 e. The smallest absolute Gasteiger partial charge is 0.414 e. The molecule has 4 heteroatoms. The number of carbonyl (C=O) groups is 1. The van der Waals surface area contributed by atoms with Crippen LogP contribution in [0, 0.1) is 13.8 Å². The maximum atomic E-state index is 11.4. The van der Waals surface area contributed by atoms with Gasteiger partial charge >= 0.3 is 6.09 Å². The SMILES string of the molecule is Cc1cc(C(C)O)cc(N2CCOC2=O)c1.Cc1ccccc1. The van der Waals surface area contributed by atoms with Gasteiger partial charge < -0.3 is 9.84 Å². The first-order chi connectivity index (χ1) is 11.0. The fourth-order valence-corrected chi connectivity index (χ4v) is 2.35. The van der Waals surface area contributed by atoms with Gasteiger partial charge in [-0.3, -0.25) is 4.90 Å². The van der Waals surface area contributed by atoms with E-state index in [9.17, 15) is 9.90 Å². The number of hydrogen-bond acceptors (Lipinski definition) is 3. The first-order valence-electron chi connectivity index (χ1n) is 7.73. The highest BCUT2D eigenvalue weighted by Gasteiger charge is 2.24. The number of aliphatic hydroxyl groups is 1. The number of rotatable bonds is 2. The molecule has 122 valence electrons. The van der Waals surface area contributed by atoms with Crippen LogP contribution in [0.1, 0.15) is 29.7 Å². The number of nitrogens with zero attached hydrogens (tertiary/aromatic N) is 1. The molecule has 4 nitrogen and oxygen atoms in total. The highest BCUT2D eigenvalue weighted by molar-refractivity contribution is 5.89. The molecule has 0 spiro atoms. The number of aliphatic hydroxyl groups excluding tert-OH is 1. The molecule has 1 heterocycles. The second-order valence-electron chi connectivity index (χ2n) is 5.70. The van der Waals surface area contributed by atoms with Crippen molar-refractivity contribution in [3.8, 4) is 0 Å². The summed E-state index contributed by atoms with van der Waals surface area (Å²) >= 11 is 0. The van der Waals surface area contributed by atoms with Crippen molar-refractivity contribution in [3.05, 3.63) is 65.2 Å². The molecule has 1 fully saturated rings. The molecule has 1 N–H and O–H groups in total. The second-order valence-corrected chi connectivity index (χ2v) is 5.70. The van der Waals surface area contributed by atoms with Gasteiger partial charge in [-0.2, -0.15) is 0 Å². The van der Waals surface area contributed by atoms with Crippen molar-refractivity contribution in [2.24, 2.45) is 0 Å². The standard InChI is InChI=1S/C12H15NO3.C7H8/c1-8-5-10(9(2)14)7-11(6-8)13-3-4-16-12(13)15;1-7-5-3-2-4-6-7/h5-7,9,14H,3-4H2,1-2H3;2-6H,1H3. The molecule has 1 amide bonds. The monoisotopic (exact) mass is 313 g/mol. The van der Waals surface area contributed by atoms with Crippen LogP contribution in [-0.2, 0) is 4.74 Å². The number of ether oxygens (including phenoxy) is 1. The molecule has 3 rings (SSSR count). The fraction of sp³-hybridized carbons (Fsp3) is 0.316. The van der Waals surface area contributed by atoms with E-state index in [-0.39, 0.29) is 6.09 Å². The molecular weight excluding hydrogens is 290 g/mol. The van der Waals surface area contributed by atoms with Gasteiger partial charge in [0.1, 0.15) is 6.61 Å². The molecule has 23 heavy (non-hydrogen) atoms. The van der Waals surface area contributed by atoms with Crippen LogP contribution in [0.3, 0.4) is 0 Å². The Bertz CT molecular complexity index is 653. The summed E-state index contributed by atoms with van der Waals surface area (Å²) in [4.78, 5) is 13.0. The number of carbonyl (C=O) groups excluding carboxylic acids is 1. The minimum atomic E-state index is -0.530. The molecule has 2 aromatic carbocycles. The zero-order valence-electron chi connectivity index (χ0n) is 13.8. The van der Waals surface area contributed by atoms with Crippen LogP contribution in [-0.4, -0.2) is 24.4 Å². The number of cyclic esters (lactones) is 1. The van der Waals surface area contributed by atoms with Crippen LogP contribution in [0.5, 0.6) is 0 Å². The fourth-order valence-electron chi connectivity index (χ4n) is 2.35. The maximum Gasteiger partial charge on any atom is 0.414 e. The van der Waals surface area contributed by atoms with Gasteiger partial charge in [0.25, 0.3) is 0 Å². The lowest BCUT2D eigenvalue weighted by molar-refractivity contribution is 0.181. The second kappa shape index (κ2) is 7.79. The predicted octanol–water partition coefficient (Wildman–Crippen LogP) is 4.00. The van der Waals surface area contributed by atoms with Gasteiger partial charge in [-0.25, -0.2) is 4.79 Å². The molecule has 1 unspecified atom stereocenters. The normalized spacial score (nSPS) is 14.8. The van der Waals surface area contributed by atoms with Gasteiger partial charge in [0.2, 0.25) is 0 Å². The van der Waals surface area contributed by atoms with E-state index < -0.39 is 6.10 Å². The highest BCUT2D eigenvalue weighted by atomic mass is 16.6. The molecule has 2 aromatic rings. The Morgan fingerprint density at radius 2 is 1.78 bits per heavy atom. The molecule has 1 aliphatic heterocycles. The number of benzene rings is 2. The Morgan fingerprint density at radius 3 is 2.26 bits per heavy atom. The van der Waals surface area contributed by atoms with Crippen LogP contribution in [0.15, 0.2) is 48.5 Å². The maximum absolute atomic E-state index is 11.4. The summed E-state index contributed by atoms with van der Waals surface area (Å²) in [6.45, 7) is 6.73. The lowest BCUT2D eigenvalue weighted by Gasteiger charge is -2.16. The number of amides is 1. The zero-order chi connectivity index (χ0) is 16.8. The topological polar surface area (TPSA) is 49.8 Å². The molecular formula is C19H23NO3. The van der Waals surface area contributed by atoms with E-state index in [1.54, 1.807) is 11.8 Å². The molecule has 1 aliphatic rings. The molecule has 0 aliphatic carbocycles. The van der Waals surface area contributed by atoms with Crippen molar-refractivity contribution < 1.29 is 14.6 Å². The van der Waals surface area contributed by atoms with Crippen LogP contribution in [0.25, 0.3) is 0 Å². The summed E-state index contributed by atoms with van der Waals surface area (Å²) in [7, 11) is 0. The summed E-state index contributed by atoms with van der Waals surface area (Å²) in [5.74, 6) is 0. The average molecular weight is 313 g/mol. The molecule has 1 saturated heterocycles. The van der Waals surface area contributed by atoms with Crippen molar-refractivity contribution in [1.82, 2.24) is 0 Å². The van der Waals surface area contributed by atoms with Gasteiger partial charge in [-0.1, -0.05) is 42.0 Å². The summed E-state index contributed by atoms with van der Waals surface area (Å²) < 4.78 is 4.88. The Balaban J connectivity index is 0.000000229. The third-order valence-electron chi connectivity index (χ3n) is 3.58. The van der Waals surface area contributed by atoms with Gasteiger partial charge in [0, 0.05) is 5.69 Å². The summed E-state index contributed by atoms with van der Waals surface area (Å²) in [6, 6.07) is 15.9. The van der Waals surface area contributed by atoms with E-state index >= 15 is 0 Å². The molecule has 0 radical (unpaired) electrons. The third-order valence-corrected chi connectivity index (χ3v) is 3.58. The van der Waals surface area contributed by atoms with Crippen LogP contribution < -0.4 is 4.90 Å². The van der Waals surface area contributed by atoms with Gasteiger partial charge in [0.15, 0.2) is 0 Å². The first kappa shape index (κ1) is 17.0. The van der Waals surface area contributed by atoms with E-state index in [4.69, 9.17) is 4.74 Å². The molecule has 0 aromatic heterocycles. The van der Waals surface area contributed by atoms with Crippen molar-refractivity contribution in [2.75, 3.05) is 18.1 Å². The van der Waals surface area contributed by atoms with Crippen molar-refractivity contribution >= 4 is 11.8 Å². The molecule has 0 saturated carbocycles. The van der Waals surface area contributed by atoms with E-state index in [1.807, 2.05) is 43.3 Å². The van der Waals surface area contributed by atoms with Crippen LogP contribution in [0.4, 0.5) is 10.5 Å². The van der Waals surface area contributed by atoms with Gasteiger partial charge in [-0.15, -0.1) is 0 Å². The molecule has 1 atom stereocenters. The van der Waals surface area contributed by atoms with Crippen LogP contribution >= 0.6 is 0 Å². The number of hydrogen-bond donors (Lipinski definition) is 1. The zero-order valence-corrected chi connectivity index (χ0v) is 13.8. The Morgan fingerprint density at radius 1 is 1.09 bits per heavy atom. The van der Waals surface area contributed by atoms with Gasteiger partial charge in [-0.05, 0) is 44.0 Å². The summed E-state index contributed by atoms with van der Waals surface area (Å²) in [6.07, 6.45) is -0.848. The van der Waals surface area contributed by atoms with E-state index in [2.05, 4.69) is 19.1 Å². The first-order valence-corrected chi connectivity index (χ1v) is 7.73. The van der Waals surface area contributed by atoms with E-state index in [0.29, 0.717) is 13.2 Å². The van der Waals surface area contributed by atoms with Crippen molar-refractivity contribution in [1.29, 1.82) is 0 Å². The van der Waals surface area contributed by atoms with E-state index in [1.165, 1.54) is 5.56 Å². The Labute approximate surface area is 137 Å². The largest absolute Gasteiger partial charge is 0.447 e. The molecule has 0 bridgehead atoms. The minimum absolute atomic E-state index is 0.317. The van der Waals surface area contributed by atoms with Crippen LogP contribution in [0.2, 0.25) is 0 Å². The van der Waals surface area contributed by atoms with Crippen molar-refractivity contribution in [3.63, 3.8) is 0 Å². The summed E-state index contributed by atoms with van der Waals surface area (Å²) in [5, 5.41) is 9.55. The van der Waals surface area contributed by atoms with Crippen molar-refractivity contribution in [2.45, 2.75) is 26.9 Å². The quantitative estimate of drug-likeness (QED) is 0.911. The lowest BCUT2D eigenvalue weighted by atomic mass is 10.1. The Kier molecular flexibility index (Phi) is 5.77. The van der Waals surface area contributed by atoms with E-state index in [0.717, 1.165) is 16.8 Å². The average Bonchev–Trinajstić information content (AvgIpc) is 2.94. The third kappa shape index (κ3) is 4.83. The number of anilines is 1. The highest BCUT2D eigenvalue weighted by Crippen LogP contribution is 2.25. The van der Waals surface area contributed by atoms with Gasteiger partial charge in [0.05, 0.1) is 12.6 Å². The Hall–Kier alpha value is -2.33.